The zero-order valence-electron chi connectivity index (χ0n) is 19.8. The SMILES string of the molecule is CC1=CN(CCc2ccc3[nH]c(=O)[nH]c3c2)C(c2oc(-c3ccc(Br)cc3)nc2-c2ccc(F)cc2)O1. The highest BCUT2D eigenvalue weighted by Crippen LogP contribution is 2.40. The second-order valence-electron chi connectivity index (χ2n) is 8.90. The van der Waals surface area contributed by atoms with E-state index in [2.05, 4.69) is 30.8 Å². The first kappa shape index (κ1) is 23.3. The van der Waals surface area contributed by atoms with Crippen LogP contribution in [0.15, 0.2) is 92.4 Å². The number of imidazole rings is 1. The number of nitrogens with zero attached hydrogens (tertiary/aromatic N) is 2. The maximum Gasteiger partial charge on any atom is 0.323 e. The smallest absolute Gasteiger partial charge is 0.323 e. The van der Waals surface area contributed by atoms with Gasteiger partial charge in [-0.1, -0.05) is 22.0 Å². The van der Waals surface area contributed by atoms with Gasteiger partial charge in [0.05, 0.1) is 11.0 Å². The molecular formula is C28H22BrFN4O3. The zero-order chi connectivity index (χ0) is 25.5. The van der Waals surface area contributed by atoms with Crippen LogP contribution in [0.3, 0.4) is 0 Å². The van der Waals surface area contributed by atoms with Crippen molar-refractivity contribution >= 4 is 27.0 Å². The molecule has 0 saturated heterocycles. The van der Waals surface area contributed by atoms with E-state index >= 15 is 0 Å². The van der Waals surface area contributed by atoms with Crippen LogP contribution >= 0.6 is 15.9 Å². The van der Waals surface area contributed by atoms with Crippen molar-refractivity contribution in [2.24, 2.45) is 0 Å². The van der Waals surface area contributed by atoms with E-state index in [0.29, 0.717) is 30.3 Å². The Morgan fingerprint density at radius 2 is 1.73 bits per heavy atom. The Hall–Kier alpha value is -4.11. The predicted octanol–water partition coefficient (Wildman–Crippen LogP) is 6.51. The summed E-state index contributed by atoms with van der Waals surface area (Å²) in [5, 5.41) is 0. The molecule has 1 unspecified atom stereocenters. The third kappa shape index (κ3) is 4.70. The van der Waals surface area contributed by atoms with Crippen LogP contribution in [0.5, 0.6) is 0 Å². The maximum atomic E-state index is 13.7. The molecule has 5 aromatic rings. The fourth-order valence-corrected chi connectivity index (χ4v) is 4.75. The Balaban J connectivity index is 1.34. The maximum absolute atomic E-state index is 13.7. The van der Waals surface area contributed by atoms with Crippen LogP contribution in [0, 0.1) is 5.82 Å². The van der Waals surface area contributed by atoms with Crippen molar-refractivity contribution < 1.29 is 13.5 Å². The molecule has 3 heterocycles. The van der Waals surface area contributed by atoms with Gasteiger partial charge in [-0.3, -0.25) is 0 Å². The number of H-pyrrole nitrogens is 2. The van der Waals surface area contributed by atoms with Crippen molar-refractivity contribution in [3.05, 3.63) is 111 Å². The third-order valence-electron chi connectivity index (χ3n) is 6.27. The van der Waals surface area contributed by atoms with E-state index in [4.69, 9.17) is 14.1 Å². The highest BCUT2D eigenvalue weighted by molar-refractivity contribution is 9.10. The lowest BCUT2D eigenvalue weighted by Crippen LogP contribution is -2.23. The van der Waals surface area contributed by atoms with Crippen molar-refractivity contribution in [2.75, 3.05) is 6.54 Å². The quantitative estimate of drug-likeness (QED) is 0.247. The van der Waals surface area contributed by atoms with E-state index in [-0.39, 0.29) is 11.5 Å². The summed E-state index contributed by atoms with van der Waals surface area (Å²) in [6, 6.07) is 19.8. The number of hydrogen-bond acceptors (Lipinski definition) is 5. The minimum Gasteiger partial charge on any atom is -0.466 e. The lowest BCUT2D eigenvalue weighted by molar-refractivity contribution is 0.0271. The monoisotopic (exact) mass is 560 g/mol. The van der Waals surface area contributed by atoms with Crippen molar-refractivity contribution in [2.45, 2.75) is 19.6 Å². The van der Waals surface area contributed by atoms with Crippen LogP contribution in [0.4, 0.5) is 4.39 Å². The molecule has 0 aliphatic carbocycles. The number of allylic oxidation sites excluding steroid dienone is 1. The number of aromatic amines is 2. The van der Waals surface area contributed by atoms with Crippen LogP contribution in [0.1, 0.15) is 24.5 Å². The largest absolute Gasteiger partial charge is 0.466 e. The van der Waals surface area contributed by atoms with Crippen LogP contribution in [-0.2, 0) is 11.2 Å². The van der Waals surface area contributed by atoms with Gasteiger partial charge in [-0.05, 0) is 79.6 Å². The van der Waals surface area contributed by atoms with E-state index < -0.39 is 6.23 Å². The number of hydrogen-bond donors (Lipinski definition) is 2. The van der Waals surface area contributed by atoms with Crippen molar-refractivity contribution in [3.63, 3.8) is 0 Å². The molecule has 1 atom stereocenters. The number of nitrogens with one attached hydrogen (secondary N) is 2. The van der Waals surface area contributed by atoms with Crippen molar-refractivity contribution in [1.82, 2.24) is 19.9 Å². The molecule has 1 aliphatic rings. The summed E-state index contributed by atoms with van der Waals surface area (Å²) < 4.78 is 27.2. The number of ether oxygens (including phenoxy) is 1. The summed E-state index contributed by atoms with van der Waals surface area (Å²) in [4.78, 5) is 24.0. The van der Waals surface area contributed by atoms with Crippen LogP contribution in [-0.4, -0.2) is 26.4 Å². The summed E-state index contributed by atoms with van der Waals surface area (Å²) in [5.74, 6) is 1.43. The lowest BCUT2D eigenvalue weighted by Gasteiger charge is -2.23. The molecule has 37 heavy (non-hydrogen) atoms. The number of benzene rings is 3. The molecule has 0 radical (unpaired) electrons. The number of rotatable bonds is 6. The van der Waals surface area contributed by atoms with Crippen LogP contribution < -0.4 is 5.69 Å². The third-order valence-corrected chi connectivity index (χ3v) is 6.80. The summed E-state index contributed by atoms with van der Waals surface area (Å²) in [6.45, 7) is 2.53. The molecule has 0 amide bonds. The van der Waals surface area contributed by atoms with Gasteiger partial charge in [-0.15, -0.1) is 0 Å². The Morgan fingerprint density at radius 1 is 1.00 bits per heavy atom. The lowest BCUT2D eigenvalue weighted by atomic mass is 10.1. The number of fused-ring (bicyclic) bond motifs is 1. The zero-order valence-corrected chi connectivity index (χ0v) is 21.4. The summed E-state index contributed by atoms with van der Waals surface area (Å²) in [6.07, 6.45) is 2.14. The van der Waals surface area contributed by atoms with Gasteiger partial charge in [0.25, 0.3) is 0 Å². The average Bonchev–Trinajstić information content (AvgIpc) is 3.59. The molecule has 0 spiro atoms. The van der Waals surface area contributed by atoms with E-state index in [1.165, 1.54) is 12.1 Å². The summed E-state index contributed by atoms with van der Waals surface area (Å²) in [7, 11) is 0. The van der Waals surface area contributed by atoms with Gasteiger partial charge in [0.2, 0.25) is 12.1 Å². The van der Waals surface area contributed by atoms with Gasteiger partial charge in [0.15, 0.2) is 5.76 Å². The van der Waals surface area contributed by atoms with Gasteiger partial charge < -0.3 is 24.0 Å². The van der Waals surface area contributed by atoms with Crippen molar-refractivity contribution in [1.29, 1.82) is 0 Å². The van der Waals surface area contributed by atoms with Gasteiger partial charge in [-0.25, -0.2) is 14.2 Å². The molecule has 0 fully saturated rings. The van der Waals surface area contributed by atoms with E-state index in [0.717, 1.165) is 38.0 Å². The Morgan fingerprint density at radius 3 is 2.51 bits per heavy atom. The fourth-order valence-electron chi connectivity index (χ4n) is 4.48. The minimum absolute atomic E-state index is 0.223. The van der Waals surface area contributed by atoms with Crippen LogP contribution in [0.25, 0.3) is 33.7 Å². The standard InChI is InChI=1S/C28H22BrFN4O3/c1-16-15-34(13-12-17-2-11-22-23(14-17)32-28(35)31-22)27(36-16)25-24(18-5-9-21(30)10-6-18)33-26(37-25)19-3-7-20(29)8-4-19/h2-11,14-15,27H,12-13H2,1H3,(H2,31,32,35). The van der Waals surface area contributed by atoms with Gasteiger partial charge in [0.1, 0.15) is 17.3 Å². The summed E-state index contributed by atoms with van der Waals surface area (Å²) in [5.41, 5.74) is 4.56. The molecule has 7 nitrogen and oxygen atoms in total. The molecule has 9 heteroatoms. The average molecular weight is 561 g/mol. The normalized spacial score (nSPS) is 15.3. The molecule has 186 valence electrons. The molecule has 0 saturated carbocycles. The van der Waals surface area contributed by atoms with Gasteiger partial charge in [-0.2, -0.15) is 0 Å². The number of oxazole rings is 1. The molecule has 2 N–H and O–H groups in total. The highest BCUT2D eigenvalue weighted by atomic mass is 79.9. The minimum atomic E-state index is -0.535. The van der Waals surface area contributed by atoms with Crippen LogP contribution in [0.2, 0.25) is 0 Å². The first-order chi connectivity index (χ1) is 17.9. The summed E-state index contributed by atoms with van der Waals surface area (Å²) >= 11 is 3.46. The topological polar surface area (TPSA) is 87.2 Å². The fraction of sp³-hybridized carbons (Fsp3) is 0.143. The molecule has 1 aliphatic heterocycles. The predicted molar refractivity (Wildman–Crippen MR) is 142 cm³/mol. The molecule has 6 rings (SSSR count). The van der Waals surface area contributed by atoms with E-state index in [1.807, 2.05) is 55.6 Å². The van der Waals surface area contributed by atoms with E-state index in [9.17, 15) is 9.18 Å². The van der Waals surface area contributed by atoms with Crippen molar-refractivity contribution in [3.8, 4) is 22.7 Å². The number of halogens is 2. The second-order valence-corrected chi connectivity index (χ2v) is 9.82. The van der Waals surface area contributed by atoms with E-state index in [1.54, 1.807) is 12.1 Å². The Labute approximate surface area is 219 Å². The second kappa shape index (κ2) is 9.40. The first-order valence-electron chi connectivity index (χ1n) is 11.8. The molecule has 3 aromatic carbocycles. The number of aromatic nitrogens is 3. The Kier molecular flexibility index (Phi) is 5.92. The molecular weight excluding hydrogens is 539 g/mol. The molecule has 2 aromatic heterocycles. The first-order valence-corrected chi connectivity index (χ1v) is 12.6. The van der Waals surface area contributed by atoms with Gasteiger partial charge >= 0.3 is 5.69 Å². The van der Waals surface area contributed by atoms with Gasteiger partial charge in [0, 0.05) is 28.3 Å². The molecule has 0 bridgehead atoms. The highest BCUT2D eigenvalue weighted by Gasteiger charge is 2.33. The Bertz CT molecular complexity index is 1670.